The molecule has 37 heavy (non-hydrogen) atoms. The summed E-state index contributed by atoms with van der Waals surface area (Å²) in [4.78, 5) is 42.6. The third-order valence-electron chi connectivity index (χ3n) is 5.58. The Labute approximate surface area is 217 Å². The lowest BCUT2D eigenvalue weighted by atomic mass is 9.96. The highest BCUT2D eigenvalue weighted by Gasteiger charge is 2.33. The maximum absolute atomic E-state index is 13.7. The van der Waals surface area contributed by atoms with Gasteiger partial charge in [0.05, 0.1) is 35.1 Å². The minimum absolute atomic E-state index is 0.204. The third kappa shape index (κ3) is 5.64. The Bertz CT molecular complexity index is 1520. The van der Waals surface area contributed by atoms with Crippen LogP contribution in [0, 0.1) is 0 Å². The van der Waals surface area contributed by atoms with Gasteiger partial charge >= 0.3 is 5.97 Å². The average Bonchev–Trinajstić information content (AvgIpc) is 3.17. The molecule has 2 heterocycles. The molecule has 1 atom stereocenters. The van der Waals surface area contributed by atoms with E-state index in [1.807, 2.05) is 31.2 Å². The van der Waals surface area contributed by atoms with E-state index >= 15 is 0 Å². The van der Waals surface area contributed by atoms with Crippen LogP contribution in [-0.2, 0) is 14.3 Å². The Morgan fingerprint density at radius 2 is 1.68 bits per heavy atom. The number of fused-ring (bicyclic) bond motifs is 1. The van der Waals surface area contributed by atoms with Gasteiger partial charge in [-0.1, -0.05) is 35.6 Å². The molecular formula is C27H27N3O6S. The second kappa shape index (κ2) is 11.3. The van der Waals surface area contributed by atoms with Crippen molar-refractivity contribution in [2.24, 2.45) is 10.7 Å². The maximum atomic E-state index is 13.7. The molecule has 1 aliphatic rings. The first-order chi connectivity index (χ1) is 17.8. The zero-order valence-corrected chi connectivity index (χ0v) is 21.5. The monoisotopic (exact) mass is 521 g/mol. The number of allylic oxidation sites excluding steroid dienone is 1. The van der Waals surface area contributed by atoms with Gasteiger partial charge in [0.15, 0.2) is 11.4 Å². The minimum Gasteiger partial charge on any atom is -0.494 e. The molecule has 3 aromatic rings. The molecule has 0 saturated carbocycles. The van der Waals surface area contributed by atoms with Crippen molar-refractivity contribution in [2.45, 2.75) is 26.8 Å². The number of carbonyl (C=O) groups excluding carboxylic acids is 2. The number of nitrogens with zero attached hydrogens (tertiary/aromatic N) is 2. The van der Waals surface area contributed by atoms with E-state index in [1.165, 1.54) is 15.9 Å². The van der Waals surface area contributed by atoms with Crippen LogP contribution in [0.15, 0.2) is 69.6 Å². The first kappa shape index (κ1) is 25.9. The quantitative estimate of drug-likeness (QED) is 0.430. The highest BCUT2D eigenvalue weighted by Crippen LogP contribution is 2.31. The lowest BCUT2D eigenvalue weighted by molar-refractivity contribution is -0.139. The number of carbonyl (C=O) groups is 2. The average molecular weight is 522 g/mol. The number of amides is 1. The second-order valence-electron chi connectivity index (χ2n) is 8.13. The summed E-state index contributed by atoms with van der Waals surface area (Å²) < 4.78 is 18.2. The number of benzene rings is 2. The molecule has 0 bridgehead atoms. The van der Waals surface area contributed by atoms with Crippen molar-refractivity contribution in [2.75, 3.05) is 19.8 Å². The smallest absolute Gasteiger partial charge is 0.338 e. The van der Waals surface area contributed by atoms with Crippen molar-refractivity contribution < 1.29 is 23.8 Å². The van der Waals surface area contributed by atoms with E-state index in [2.05, 4.69) is 4.99 Å². The van der Waals surface area contributed by atoms with Crippen molar-refractivity contribution in [1.82, 2.24) is 4.57 Å². The van der Waals surface area contributed by atoms with Gasteiger partial charge in [-0.2, -0.15) is 0 Å². The predicted octanol–water partition coefficient (Wildman–Crippen LogP) is 2.06. The van der Waals surface area contributed by atoms with Crippen LogP contribution in [-0.4, -0.2) is 36.3 Å². The fraction of sp³-hybridized carbons (Fsp3) is 0.259. The van der Waals surface area contributed by atoms with Crippen LogP contribution in [0.4, 0.5) is 0 Å². The molecule has 0 aliphatic carbocycles. The second-order valence-corrected chi connectivity index (χ2v) is 9.14. The molecule has 1 amide bonds. The SMILES string of the molecule is CCOC(=O)C1=C(C)N=c2s/c(=C/c3ccc(OCC(N)=O)cc3)c(=O)n2[C@H]1c1ccc(OCC)cc1. The van der Waals surface area contributed by atoms with Gasteiger partial charge in [-0.25, -0.2) is 9.79 Å². The molecule has 1 aromatic heterocycles. The highest BCUT2D eigenvalue weighted by atomic mass is 32.1. The summed E-state index contributed by atoms with van der Waals surface area (Å²) in [5.74, 6) is 0.108. The molecule has 0 saturated heterocycles. The number of esters is 1. The van der Waals surface area contributed by atoms with E-state index in [0.717, 1.165) is 11.1 Å². The first-order valence-electron chi connectivity index (χ1n) is 11.8. The van der Waals surface area contributed by atoms with Gasteiger partial charge in [0, 0.05) is 0 Å². The van der Waals surface area contributed by atoms with Crippen molar-refractivity contribution in [3.63, 3.8) is 0 Å². The van der Waals surface area contributed by atoms with Crippen LogP contribution in [0.1, 0.15) is 37.9 Å². The predicted molar refractivity (Wildman–Crippen MR) is 139 cm³/mol. The molecule has 1 aliphatic heterocycles. The van der Waals surface area contributed by atoms with Crippen molar-refractivity contribution in [3.05, 3.63) is 90.6 Å². The van der Waals surface area contributed by atoms with Gasteiger partial charge in [-0.3, -0.25) is 14.2 Å². The number of thiazole rings is 1. The van der Waals surface area contributed by atoms with E-state index in [9.17, 15) is 14.4 Å². The van der Waals surface area contributed by atoms with Gasteiger partial charge in [0.25, 0.3) is 11.5 Å². The van der Waals surface area contributed by atoms with Gasteiger partial charge in [-0.15, -0.1) is 0 Å². The van der Waals surface area contributed by atoms with Crippen LogP contribution in [0.2, 0.25) is 0 Å². The lowest BCUT2D eigenvalue weighted by Crippen LogP contribution is -2.39. The largest absolute Gasteiger partial charge is 0.494 e. The normalized spacial score (nSPS) is 15.1. The van der Waals surface area contributed by atoms with Gasteiger partial charge in [-0.05, 0) is 62.2 Å². The lowest BCUT2D eigenvalue weighted by Gasteiger charge is -2.24. The zero-order chi connectivity index (χ0) is 26.5. The number of nitrogens with two attached hydrogens (primary N) is 1. The molecule has 0 unspecified atom stereocenters. The molecule has 9 nitrogen and oxygen atoms in total. The molecule has 192 valence electrons. The summed E-state index contributed by atoms with van der Waals surface area (Å²) in [6.45, 7) is 5.90. The standard InChI is InChI=1S/C27H27N3O6S/c1-4-34-19-12-8-18(9-13-19)24-23(26(33)35-5-2)16(3)29-27-30(24)25(32)21(37-27)14-17-6-10-20(11-7-17)36-15-22(28)31/h6-14,24H,4-5,15H2,1-3H3,(H2,28,31)/b21-14+/t24-/m0/s1. The molecule has 0 fully saturated rings. The first-order valence-corrected chi connectivity index (χ1v) is 12.6. The minimum atomic E-state index is -0.697. The van der Waals surface area contributed by atoms with Crippen molar-refractivity contribution in [1.29, 1.82) is 0 Å². The summed E-state index contributed by atoms with van der Waals surface area (Å²) in [5, 5.41) is 0. The van der Waals surface area contributed by atoms with Gasteiger partial charge in [0.2, 0.25) is 0 Å². The van der Waals surface area contributed by atoms with E-state index in [1.54, 1.807) is 44.2 Å². The van der Waals surface area contributed by atoms with Crippen LogP contribution in [0.25, 0.3) is 6.08 Å². The Hall–Kier alpha value is -4.18. The van der Waals surface area contributed by atoms with E-state index in [-0.39, 0.29) is 18.8 Å². The zero-order valence-electron chi connectivity index (χ0n) is 20.7. The number of hydrogen-bond donors (Lipinski definition) is 1. The van der Waals surface area contributed by atoms with E-state index in [0.29, 0.717) is 38.7 Å². The summed E-state index contributed by atoms with van der Waals surface area (Å²) >= 11 is 1.24. The number of aromatic nitrogens is 1. The van der Waals surface area contributed by atoms with Gasteiger partial charge in [0.1, 0.15) is 11.5 Å². The van der Waals surface area contributed by atoms with Gasteiger partial charge < -0.3 is 19.9 Å². The number of primary amides is 1. The number of hydrogen-bond acceptors (Lipinski definition) is 8. The molecular weight excluding hydrogens is 494 g/mol. The molecule has 2 aromatic carbocycles. The van der Waals surface area contributed by atoms with Crippen LogP contribution in [0.5, 0.6) is 11.5 Å². The highest BCUT2D eigenvalue weighted by molar-refractivity contribution is 7.07. The summed E-state index contributed by atoms with van der Waals surface area (Å²) in [6.07, 6.45) is 1.75. The number of ether oxygens (including phenoxy) is 3. The Balaban J connectivity index is 1.79. The van der Waals surface area contributed by atoms with Crippen LogP contribution >= 0.6 is 11.3 Å². The summed E-state index contributed by atoms with van der Waals surface area (Å²) in [7, 11) is 0. The molecule has 4 rings (SSSR count). The van der Waals surface area contributed by atoms with E-state index < -0.39 is 17.9 Å². The third-order valence-corrected chi connectivity index (χ3v) is 6.57. The summed E-state index contributed by atoms with van der Waals surface area (Å²) in [6, 6.07) is 13.5. The molecule has 0 spiro atoms. The molecule has 10 heteroatoms. The fourth-order valence-corrected chi connectivity index (χ4v) is 5.03. The maximum Gasteiger partial charge on any atom is 0.338 e. The van der Waals surface area contributed by atoms with Crippen molar-refractivity contribution >= 4 is 29.3 Å². The molecule has 0 radical (unpaired) electrons. The fourth-order valence-electron chi connectivity index (χ4n) is 3.99. The van der Waals surface area contributed by atoms with Crippen molar-refractivity contribution in [3.8, 4) is 11.5 Å². The Morgan fingerprint density at radius 1 is 1.03 bits per heavy atom. The Morgan fingerprint density at radius 3 is 2.30 bits per heavy atom. The summed E-state index contributed by atoms with van der Waals surface area (Å²) in [5.41, 5.74) is 7.16. The number of rotatable bonds is 9. The Kier molecular flexibility index (Phi) is 7.88. The van der Waals surface area contributed by atoms with Crippen LogP contribution in [0.3, 0.4) is 0 Å². The topological polar surface area (TPSA) is 122 Å². The van der Waals surface area contributed by atoms with E-state index in [4.69, 9.17) is 19.9 Å². The van der Waals surface area contributed by atoms with Crippen LogP contribution < -0.4 is 30.1 Å². The molecule has 2 N–H and O–H groups in total.